The number of aryl methyl sites for hydroxylation is 1. The number of amidine groups is 1. The molecule has 1 aromatic heterocycles. The van der Waals surface area contributed by atoms with E-state index in [9.17, 15) is 5.11 Å². The van der Waals surface area contributed by atoms with E-state index in [1.165, 1.54) is 0 Å². The smallest absolute Gasteiger partial charge is 0.145 e. The molecule has 0 atom stereocenters. The second-order valence-corrected chi connectivity index (χ2v) is 8.49. The van der Waals surface area contributed by atoms with Gasteiger partial charge in [0.25, 0.3) is 0 Å². The summed E-state index contributed by atoms with van der Waals surface area (Å²) in [6.45, 7) is 8.89. The van der Waals surface area contributed by atoms with Crippen LogP contribution in [-0.2, 0) is 6.54 Å². The maximum Gasteiger partial charge on any atom is 0.145 e. The molecule has 1 aliphatic rings. The van der Waals surface area contributed by atoms with Crippen LogP contribution < -0.4 is 4.74 Å². The number of benzene rings is 2. The maximum absolute atomic E-state index is 10.5. The molecule has 150 valence electrons. The average Bonchev–Trinajstić information content (AvgIpc) is 3.15. The van der Waals surface area contributed by atoms with Crippen LogP contribution in [0.3, 0.4) is 0 Å². The first-order valence-electron chi connectivity index (χ1n) is 9.70. The highest BCUT2D eigenvalue weighted by atomic mass is 16.5. The van der Waals surface area contributed by atoms with Gasteiger partial charge in [0.15, 0.2) is 0 Å². The van der Waals surface area contributed by atoms with Crippen LogP contribution in [0.2, 0.25) is 0 Å². The number of imidazole rings is 1. The predicted molar refractivity (Wildman–Crippen MR) is 115 cm³/mol. The Morgan fingerprint density at radius 1 is 1.17 bits per heavy atom. The molecule has 0 radical (unpaired) electrons. The Labute approximate surface area is 170 Å². The zero-order chi connectivity index (χ0) is 20.8. The summed E-state index contributed by atoms with van der Waals surface area (Å²) < 4.78 is 5.86. The van der Waals surface area contributed by atoms with Crippen molar-refractivity contribution < 1.29 is 9.84 Å². The summed E-state index contributed by atoms with van der Waals surface area (Å²) in [5, 5.41) is 19.1. The molecular weight excluding hydrogens is 364 g/mol. The van der Waals surface area contributed by atoms with Crippen LogP contribution in [0.15, 0.2) is 48.2 Å². The summed E-state index contributed by atoms with van der Waals surface area (Å²) in [6.07, 6.45) is 0. The maximum atomic E-state index is 10.5. The molecule has 0 saturated carbocycles. The summed E-state index contributed by atoms with van der Waals surface area (Å²) in [5.74, 6) is 1.79. The van der Waals surface area contributed by atoms with Crippen LogP contribution in [0.4, 0.5) is 0 Å². The molecule has 0 unspecified atom stereocenters. The first-order chi connectivity index (χ1) is 13.7. The number of hydrogen-bond donors (Lipinski definition) is 3. The highest BCUT2D eigenvalue weighted by Crippen LogP contribution is 2.29. The molecule has 0 fully saturated rings. The van der Waals surface area contributed by atoms with Crippen molar-refractivity contribution in [2.45, 2.75) is 39.8 Å². The average molecular weight is 390 g/mol. The van der Waals surface area contributed by atoms with Crippen molar-refractivity contribution >= 4 is 22.4 Å². The molecule has 2 aromatic carbocycles. The zero-order valence-electron chi connectivity index (χ0n) is 17.2. The number of nitrogens with one attached hydrogen (secondary N) is 2. The Kier molecular flexibility index (Phi) is 4.57. The van der Waals surface area contributed by atoms with E-state index < -0.39 is 0 Å². The lowest BCUT2D eigenvalue weighted by Gasteiger charge is -2.22. The van der Waals surface area contributed by atoms with Crippen molar-refractivity contribution in [3.63, 3.8) is 0 Å². The molecule has 0 amide bonds. The number of aliphatic hydroxyl groups excluding tert-OH is 1. The van der Waals surface area contributed by atoms with Crippen LogP contribution in [0.5, 0.6) is 5.75 Å². The molecule has 6 nitrogen and oxygen atoms in total. The number of fused-ring (bicyclic) bond motifs is 1. The van der Waals surface area contributed by atoms with E-state index in [1.807, 2.05) is 75.1 Å². The van der Waals surface area contributed by atoms with Gasteiger partial charge in [-0.2, -0.15) is 0 Å². The Bertz CT molecular complexity index is 1100. The molecule has 6 heteroatoms. The number of ether oxygens (including phenoxy) is 1. The van der Waals surface area contributed by atoms with Crippen LogP contribution in [0, 0.1) is 12.3 Å². The summed E-state index contributed by atoms with van der Waals surface area (Å²) in [6, 6.07) is 13.8. The van der Waals surface area contributed by atoms with Gasteiger partial charge in [-0.05, 0) is 63.1 Å². The van der Waals surface area contributed by atoms with Gasteiger partial charge in [0.2, 0.25) is 0 Å². The molecule has 0 aliphatic carbocycles. The minimum Gasteiger partial charge on any atom is -0.510 e. The van der Waals surface area contributed by atoms with Crippen molar-refractivity contribution in [2.24, 2.45) is 0 Å². The van der Waals surface area contributed by atoms with Crippen LogP contribution >= 0.6 is 0 Å². The molecule has 0 saturated heterocycles. The molecule has 2 heterocycles. The molecule has 1 aliphatic heterocycles. The van der Waals surface area contributed by atoms with Gasteiger partial charge in [-0.1, -0.05) is 18.2 Å². The molecule has 0 bridgehead atoms. The van der Waals surface area contributed by atoms with Gasteiger partial charge in [0.1, 0.15) is 28.8 Å². The quantitative estimate of drug-likeness (QED) is 0.597. The lowest BCUT2D eigenvalue weighted by molar-refractivity contribution is 0.131. The Hall–Kier alpha value is -3.28. The highest BCUT2D eigenvalue weighted by Gasteiger charge is 2.30. The van der Waals surface area contributed by atoms with Crippen molar-refractivity contribution in [1.82, 2.24) is 14.9 Å². The van der Waals surface area contributed by atoms with Crippen LogP contribution in [0.25, 0.3) is 16.6 Å². The van der Waals surface area contributed by atoms with E-state index in [2.05, 4.69) is 9.97 Å². The van der Waals surface area contributed by atoms with Gasteiger partial charge in [0.05, 0.1) is 23.2 Å². The number of aliphatic hydroxyl groups is 1. The molecule has 3 aromatic rings. The van der Waals surface area contributed by atoms with Crippen molar-refractivity contribution in [3.05, 3.63) is 65.2 Å². The fraction of sp³-hybridized carbons (Fsp3) is 0.304. The van der Waals surface area contributed by atoms with E-state index in [0.717, 1.165) is 27.9 Å². The SMILES string of the molecule is Cc1ccc2nc(C3=C(O)CN(Cc4ccc(OC(C)(C)C)cc4)C3=N)[nH]c2c1. The number of nitrogens with zero attached hydrogens (tertiary/aromatic N) is 2. The van der Waals surface area contributed by atoms with Gasteiger partial charge in [-0.15, -0.1) is 0 Å². The van der Waals surface area contributed by atoms with Crippen molar-refractivity contribution in [2.75, 3.05) is 6.54 Å². The predicted octanol–water partition coefficient (Wildman–Crippen LogP) is 4.81. The van der Waals surface area contributed by atoms with Gasteiger partial charge in [0, 0.05) is 6.54 Å². The number of aromatic nitrogens is 2. The van der Waals surface area contributed by atoms with Crippen LogP contribution in [0.1, 0.15) is 37.7 Å². The fourth-order valence-electron chi connectivity index (χ4n) is 3.50. The van der Waals surface area contributed by atoms with Crippen molar-refractivity contribution in [1.29, 1.82) is 5.41 Å². The third-order valence-corrected chi connectivity index (χ3v) is 4.78. The molecule has 3 N–H and O–H groups in total. The lowest BCUT2D eigenvalue weighted by Crippen LogP contribution is -2.26. The van der Waals surface area contributed by atoms with Crippen LogP contribution in [-0.4, -0.2) is 38.0 Å². The van der Waals surface area contributed by atoms with Gasteiger partial charge in [-0.25, -0.2) is 4.98 Å². The number of rotatable bonds is 4. The Balaban J connectivity index is 1.51. The number of H-pyrrole nitrogens is 1. The summed E-state index contributed by atoms with van der Waals surface area (Å²) in [5.41, 5.74) is 4.13. The van der Waals surface area contributed by atoms with E-state index in [4.69, 9.17) is 10.1 Å². The molecule has 29 heavy (non-hydrogen) atoms. The summed E-state index contributed by atoms with van der Waals surface area (Å²) in [7, 11) is 0. The minimum absolute atomic E-state index is 0.165. The largest absolute Gasteiger partial charge is 0.510 e. The Morgan fingerprint density at radius 3 is 2.59 bits per heavy atom. The summed E-state index contributed by atoms with van der Waals surface area (Å²) in [4.78, 5) is 9.64. The van der Waals surface area contributed by atoms with Gasteiger partial charge in [-0.3, -0.25) is 5.41 Å². The molecular formula is C23H26N4O2. The number of aromatic amines is 1. The number of hydrogen-bond acceptors (Lipinski definition) is 4. The fourth-order valence-corrected chi connectivity index (χ4v) is 3.50. The highest BCUT2D eigenvalue weighted by molar-refractivity contribution is 6.23. The summed E-state index contributed by atoms with van der Waals surface area (Å²) >= 11 is 0. The monoisotopic (exact) mass is 390 g/mol. The van der Waals surface area contributed by atoms with E-state index in [1.54, 1.807) is 0 Å². The minimum atomic E-state index is -0.242. The van der Waals surface area contributed by atoms with E-state index >= 15 is 0 Å². The van der Waals surface area contributed by atoms with Gasteiger partial charge >= 0.3 is 0 Å². The van der Waals surface area contributed by atoms with Crippen molar-refractivity contribution in [3.8, 4) is 5.75 Å². The standard InChI is InChI=1S/C23H26N4O2/c1-14-5-10-17-18(11-14)26-22(25-17)20-19(28)13-27(21(20)24)12-15-6-8-16(9-7-15)29-23(2,3)4/h5-11,24,28H,12-13H2,1-4H3,(H,25,26). The zero-order valence-corrected chi connectivity index (χ0v) is 17.2. The van der Waals surface area contributed by atoms with E-state index in [0.29, 0.717) is 24.5 Å². The third-order valence-electron chi connectivity index (χ3n) is 4.78. The first-order valence-corrected chi connectivity index (χ1v) is 9.70. The second kappa shape index (κ2) is 6.95. The first kappa shape index (κ1) is 19.1. The van der Waals surface area contributed by atoms with Gasteiger partial charge < -0.3 is 19.7 Å². The van der Waals surface area contributed by atoms with E-state index in [-0.39, 0.29) is 17.2 Å². The molecule has 0 spiro atoms. The lowest BCUT2D eigenvalue weighted by atomic mass is 10.1. The normalized spacial score (nSPS) is 14.9. The third kappa shape index (κ3) is 3.97. The Morgan fingerprint density at radius 2 is 1.90 bits per heavy atom. The second-order valence-electron chi connectivity index (χ2n) is 8.49. The molecule has 4 rings (SSSR count). The topological polar surface area (TPSA) is 85.2 Å².